The molecule has 176 valence electrons. The molecule has 2 aliphatic heterocycles. The second-order valence-electron chi connectivity index (χ2n) is 5.90. The van der Waals surface area contributed by atoms with E-state index in [0.29, 0.717) is 0 Å². The third-order valence-corrected chi connectivity index (χ3v) is 7.17. The van der Waals surface area contributed by atoms with Crippen molar-refractivity contribution in [1.82, 2.24) is 4.90 Å². The highest BCUT2D eigenvalue weighted by molar-refractivity contribution is 7.65. The molecular weight excluding hydrogens is 487 g/mol. The van der Waals surface area contributed by atoms with Crippen LogP contribution in [0.15, 0.2) is 34.7 Å². The highest BCUT2D eigenvalue weighted by Gasteiger charge is 2.39. The average Bonchev–Trinajstić information content (AvgIpc) is 2.89. The van der Waals surface area contributed by atoms with E-state index in [9.17, 15) is 33.5 Å². The molecule has 0 amide bonds. The average molecular weight is 504 g/mol. The van der Waals surface area contributed by atoms with E-state index in [-0.39, 0.29) is 24.0 Å². The van der Waals surface area contributed by atoms with Gasteiger partial charge in [-0.2, -0.15) is 4.99 Å². The van der Waals surface area contributed by atoms with Crippen molar-refractivity contribution >= 4 is 35.3 Å². The van der Waals surface area contributed by atoms with Crippen LogP contribution in [0.1, 0.15) is 6.42 Å². The third-order valence-electron chi connectivity index (χ3n) is 3.48. The maximum Gasteiger partial charge on any atom is 0.280 e. The number of aliphatic imine (C=N–C) groups is 2. The van der Waals surface area contributed by atoms with Crippen LogP contribution in [-0.2, 0) is 31.6 Å². The van der Waals surface area contributed by atoms with Crippen LogP contribution in [0.25, 0.3) is 0 Å². The molecule has 31 heavy (non-hydrogen) atoms. The number of hydrogen-bond acceptors (Lipinski definition) is 14. The number of nitrogens with two attached hydrogens (primary N) is 2. The Hall–Kier alpha value is -1.45. The molecule has 0 spiro atoms. The van der Waals surface area contributed by atoms with E-state index < -0.39 is 48.5 Å². The van der Waals surface area contributed by atoms with Crippen molar-refractivity contribution in [2.75, 3.05) is 6.61 Å². The summed E-state index contributed by atoms with van der Waals surface area (Å²) >= 11 is 0. The van der Waals surface area contributed by atoms with Crippen molar-refractivity contribution < 1.29 is 56.3 Å². The van der Waals surface area contributed by atoms with Crippen molar-refractivity contribution in [2.24, 2.45) is 21.5 Å². The standard InChI is InChI=1S/C11H20N5O12P3/c1-6-14-9(15-11(12)13)2-3-16(6)10-4-7(17)8(26-10)5-25-30(21,22)28-31(23,24)27-29(18,19)20/h2-3,7-8,10,17H,1,4-5H2,(H,21,22)(H,23,24)(H2,18,19,20)(H4,12,13,14,15)/p-3/t7-,8-,10-/m1/s1. The van der Waals surface area contributed by atoms with Crippen LogP contribution >= 0.6 is 23.5 Å². The van der Waals surface area contributed by atoms with E-state index in [2.05, 4.69) is 29.7 Å². The first-order valence-corrected chi connectivity index (χ1v) is 12.4. The molecule has 2 aliphatic rings. The summed E-state index contributed by atoms with van der Waals surface area (Å²) in [6.45, 7) is 2.78. The number of ether oxygens (including phenoxy) is 1. The lowest BCUT2D eigenvalue weighted by atomic mass is 10.2. The number of amidine groups is 1. The monoisotopic (exact) mass is 504 g/mol. The zero-order valence-corrected chi connectivity index (χ0v) is 18.0. The van der Waals surface area contributed by atoms with Gasteiger partial charge in [0.15, 0.2) is 11.8 Å². The summed E-state index contributed by atoms with van der Waals surface area (Å²) in [7, 11) is -17.6. The Morgan fingerprint density at radius 1 is 1.32 bits per heavy atom. The number of aliphatic hydroxyl groups is 1. The highest BCUT2D eigenvalue weighted by atomic mass is 31.3. The van der Waals surface area contributed by atoms with Crippen LogP contribution < -0.4 is 26.1 Å². The lowest BCUT2D eigenvalue weighted by molar-refractivity contribution is -0.250. The molecule has 0 saturated carbocycles. The molecule has 6 atom stereocenters. The maximum atomic E-state index is 11.6. The number of aliphatic hydroxyl groups excluding tert-OH is 1. The van der Waals surface area contributed by atoms with Crippen LogP contribution in [0.5, 0.6) is 0 Å². The highest BCUT2D eigenvalue weighted by Crippen LogP contribution is 2.61. The van der Waals surface area contributed by atoms with Gasteiger partial charge in [-0.25, -0.2) is 13.6 Å². The number of rotatable bonds is 8. The first-order chi connectivity index (χ1) is 14.1. The zero-order chi connectivity index (χ0) is 23.6. The van der Waals surface area contributed by atoms with Crippen LogP contribution in [0, 0.1) is 0 Å². The molecular formula is C11H17N5O12P3-3. The van der Waals surface area contributed by atoms with Crippen LogP contribution in [0.2, 0.25) is 0 Å². The second-order valence-corrected chi connectivity index (χ2v) is 10.2. The van der Waals surface area contributed by atoms with Gasteiger partial charge in [-0.15, -0.1) is 0 Å². The van der Waals surface area contributed by atoms with Gasteiger partial charge in [-0.3, -0.25) is 13.7 Å². The van der Waals surface area contributed by atoms with Gasteiger partial charge in [-0.05, 0) is 6.08 Å². The molecule has 6 N–H and O–H groups in total. The van der Waals surface area contributed by atoms with Gasteiger partial charge in [-0.1, -0.05) is 6.58 Å². The van der Waals surface area contributed by atoms with Gasteiger partial charge in [0.2, 0.25) is 0 Å². The van der Waals surface area contributed by atoms with E-state index in [4.69, 9.17) is 21.1 Å². The smallest absolute Gasteiger partial charge is 0.280 e. The summed E-state index contributed by atoms with van der Waals surface area (Å²) in [6.07, 6.45) is -0.588. The minimum absolute atomic E-state index is 0.0540. The van der Waals surface area contributed by atoms with Gasteiger partial charge in [0.05, 0.1) is 12.7 Å². The van der Waals surface area contributed by atoms with Gasteiger partial charge < -0.3 is 50.3 Å². The predicted octanol–water partition coefficient (Wildman–Crippen LogP) is -3.12. The van der Waals surface area contributed by atoms with Gasteiger partial charge in [0.1, 0.15) is 18.2 Å². The van der Waals surface area contributed by atoms with Crippen LogP contribution in [0.4, 0.5) is 0 Å². The quantitative estimate of drug-likeness (QED) is 0.144. The Bertz CT molecular complexity index is 942. The van der Waals surface area contributed by atoms with E-state index >= 15 is 0 Å². The summed E-state index contributed by atoms with van der Waals surface area (Å²) in [5.74, 6) is 0.0530. The predicted molar refractivity (Wildman–Crippen MR) is 95.8 cm³/mol. The molecule has 0 aromatic heterocycles. The number of phosphoric ester groups is 1. The first kappa shape index (κ1) is 25.8. The molecule has 0 aliphatic carbocycles. The van der Waals surface area contributed by atoms with E-state index in [1.54, 1.807) is 0 Å². The van der Waals surface area contributed by atoms with Gasteiger partial charge >= 0.3 is 0 Å². The molecule has 2 heterocycles. The number of hydrogen-bond donors (Lipinski definition) is 4. The Balaban J connectivity index is 1.95. The maximum absolute atomic E-state index is 11.6. The molecule has 17 nitrogen and oxygen atoms in total. The van der Waals surface area contributed by atoms with Crippen molar-refractivity contribution in [1.29, 1.82) is 0 Å². The molecule has 1 fully saturated rings. The summed E-state index contributed by atoms with van der Waals surface area (Å²) in [6, 6.07) is 0. The van der Waals surface area contributed by atoms with Crippen molar-refractivity contribution in [2.45, 2.75) is 24.9 Å². The van der Waals surface area contributed by atoms with Gasteiger partial charge in [0.25, 0.3) is 23.5 Å². The normalized spacial score (nSPS) is 29.6. The molecule has 0 aromatic rings. The largest absolute Gasteiger partial charge is 0.756 e. The number of guanidine groups is 1. The van der Waals surface area contributed by atoms with Crippen molar-refractivity contribution in [3.63, 3.8) is 0 Å². The number of nitrogens with zero attached hydrogens (tertiary/aromatic N) is 3. The molecule has 0 aromatic carbocycles. The fourth-order valence-corrected chi connectivity index (χ4v) is 5.30. The van der Waals surface area contributed by atoms with Crippen LogP contribution in [0.3, 0.4) is 0 Å². The molecule has 20 heteroatoms. The van der Waals surface area contributed by atoms with Crippen LogP contribution in [-0.4, -0.2) is 51.7 Å². The SMILES string of the molecule is C=C1N=C(N=C(N)N)C=CN1[C@H]1C[C@@H](O)[C@@H](COP(=O)([O-])OP(=O)([O-])OP(=O)([O-])O)O1. The summed E-state index contributed by atoms with van der Waals surface area (Å²) in [5.41, 5.74) is 10.5. The number of phosphoric acid groups is 3. The summed E-state index contributed by atoms with van der Waals surface area (Å²) in [4.78, 5) is 50.6. The van der Waals surface area contributed by atoms with Gasteiger partial charge in [0, 0.05) is 12.6 Å². The molecule has 3 unspecified atom stereocenters. The lowest BCUT2D eigenvalue weighted by Gasteiger charge is -2.33. The minimum atomic E-state index is -6.02. The third kappa shape index (κ3) is 8.20. The topological polar surface area (TPSA) is 278 Å². The van der Waals surface area contributed by atoms with Crippen molar-refractivity contribution in [3.05, 3.63) is 24.7 Å². The molecule has 0 radical (unpaired) electrons. The van der Waals surface area contributed by atoms with E-state index in [0.717, 1.165) is 0 Å². The Morgan fingerprint density at radius 2 is 1.97 bits per heavy atom. The lowest BCUT2D eigenvalue weighted by Crippen LogP contribution is -2.32. The summed E-state index contributed by atoms with van der Waals surface area (Å²) in [5, 5.41) is 10.1. The second kappa shape index (κ2) is 9.58. The Morgan fingerprint density at radius 3 is 2.52 bits per heavy atom. The molecule has 0 bridgehead atoms. The van der Waals surface area contributed by atoms with E-state index in [1.165, 1.54) is 17.2 Å². The fraction of sp³-hybridized carbons (Fsp3) is 0.455. The zero-order valence-electron chi connectivity index (χ0n) is 15.3. The first-order valence-electron chi connectivity index (χ1n) is 7.97. The fourth-order valence-electron chi connectivity index (χ4n) is 2.40. The summed E-state index contributed by atoms with van der Waals surface area (Å²) < 4.78 is 49.6. The molecule has 2 rings (SSSR count). The Labute approximate surface area is 174 Å². The van der Waals surface area contributed by atoms with E-state index in [1.807, 2.05) is 0 Å². The van der Waals surface area contributed by atoms with Crippen molar-refractivity contribution in [3.8, 4) is 0 Å². The minimum Gasteiger partial charge on any atom is -0.756 e. The molecule has 1 saturated heterocycles. The Kier molecular flexibility index (Phi) is 7.98.